The summed E-state index contributed by atoms with van der Waals surface area (Å²) in [5.41, 5.74) is 7.07. The Kier molecular flexibility index (Phi) is 4.94. The Morgan fingerprint density at radius 2 is 1.72 bits per heavy atom. The Morgan fingerprint density at radius 1 is 1.08 bits per heavy atom. The molecule has 1 aromatic heterocycles. The summed E-state index contributed by atoms with van der Waals surface area (Å²) in [4.78, 5) is 9.02. The van der Waals surface area contributed by atoms with Crippen molar-refractivity contribution in [2.24, 2.45) is 0 Å². The lowest BCUT2D eigenvalue weighted by Gasteiger charge is -2.21. The van der Waals surface area contributed by atoms with Crippen LogP contribution in [0.1, 0.15) is 47.2 Å². The summed E-state index contributed by atoms with van der Waals surface area (Å²) in [6.07, 6.45) is 1.56. The minimum Gasteiger partial charge on any atom is -0.382 e. The van der Waals surface area contributed by atoms with E-state index < -0.39 is 15.6 Å². The van der Waals surface area contributed by atoms with Crippen LogP contribution in [0, 0.1) is 0 Å². The lowest BCUT2D eigenvalue weighted by atomic mass is 9.91. The molecule has 0 unspecified atom stereocenters. The van der Waals surface area contributed by atoms with Gasteiger partial charge in [0.05, 0.1) is 22.5 Å². The average Bonchev–Trinajstić information content (AvgIpc) is 2.44. The lowest BCUT2D eigenvalue weighted by molar-refractivity contribution is 0.491. The molecule has 2 rings (SSSR count). The zero-order chi connectivity index (χ0) is 19.0. The van der Waals surface area contributed by atoms with Crippen LogP contribution in [-0.2, 0) is 15.4 Å². The highest BCUT2D eigenvalue weighted by molar-refractivity contribution is 7.89. The maximum absolute atomic E-state index is 12.5. The van der Waals surface area contributed by atoms with Crippen LogP contribution in [0.25, 0.3) is 11.3 Å². The summed E-state index contributed by atoms with van der Waals surface area (Å²) in [5.74, 6) is 0.384. The molecule has 3 N–H and O–H groups in total. The van der Waals surface area contributed by atoms with Crippen LogP contribution < -0.4 is 10.5 Å². The van der Waals surface area contributed by atoms with Crippen LogP contribution in [0.15, 0.2) is 35.4 Å². The summed E-state index contributed by atoms with van der Waals surface area (Å²) in [7, 11) is -3.62. The predicted molar refractivity (Wildman–Crippen MR) is 101 cm³/mol. The normalized spacial score (nSPS) is 13.0. The third-order valence-electron chi connectivity index (χ3n) is 3.39. The number of aromatic nitrogens is 2. The molecule has 1 heterocycles. The molecule has 0 radical (unpaired) electrons. The molecule has 25 heavy (non-hydrogen) atoms. The van der Waals surface area contributed by atoms with Crippen molar-refractivity contribution >= 4 is 15.8 Å². The predicted octanol–water partition coefficient (Wildman–Crippen LogP) is 3.10. The van der Waals surface area contributed by atoms with E-state index in [0.717, 1.165) is 0 Å². The smallest absolute Gasteiger partial charge is 0.241 e. The van der Waals surface area contributed by atoms with E-state index in [1.807, 2.05) is 26.8 Å². The number of rotatable bonds is 3. The first-order valence-electron chi connectivity index (χ1n) is 8.07. The molecule has 0 amide bonds. The third-order valence-corrected chi connectivity index (χ3v) is 5.15. The molecule has 2 aromatic rings. The lowest BCUT2D eigenvalue weighted by Crippen LogP contribution is -2.40. The quantitative estimate of drug-likeness (QED) is 0.874. The first-order valence-corrected chi connectivity index (χ1v) is 9.55. The molecule has 1 aromatic carbocycles. The van der Waals surface area contributed by atoms with E-state index in [9.17, 15) is 8.42 Å². The Morgan fingerprint density at radius 3 is 2.28 bits per heavy atom. The second-order valence-corrected chi connectivity index (χ2v) is 9.80. The van der Waals surface area contributed by atoms with E-state index in [0.29, 0.717) is 22.8 Å². The minimum absolute atomic E-state index is 0.191. The molecule has 0 atom stereocenters. The second-order valence-electron chi connectivity index (χ2n) is 8.12. The van der Waals surface area contributed by atoms with Gasteiger partial charge in [-0.05, 0) is 32.9 Å². The first kappa shape index (κ1) is 19.3. The van der Waals surface area contributed by atoms with Gasteiger partial charge in [-0.15, -0.1) is 0 Å². The van der Waals surface area contributed by atoms with Gasteiger partial charge in [0.25, 0.3) is 0 Å². The molecule has 0 bridgehead atoms. The number of benzene rings is 1. The number of hydrogen-bond donors (Lipinski definition) is 2. The van der Waals surface area contributed by atoms with Gasteiger partial charge < -0.3 is 5.73 Å². The van der Waals surface area contributed by atoms with Crippen LogP contribution in [0.5, 0.6) is 0 Å². The van der Waals surface area contributed by atoms with Crippen molar-refractivity contribution in [3.63, 3.8) is 0 Å². The van der Waals surface area contributed by atoms with Crippen molar-refractivity contribution in [2.75, 3.05) is 5.73 Å². The van der Waals surface area contributed by atoms with E-state index in [4.69, 9.17) is 5.73 Å². The van der Waals surface area contributed by atoms with Gasteiger partial charge in [0.1, 0.15) is 5.82 Å². The number of anilines is 1. The van der Waals surface area contributed by atoms with Crippen LogP contribution in [-0.4, -0.2) is 23.9 Å². The highest BCUT2D eigenvalue weighted by Crippen LogP contribution is 2.28. The second kappa shape index (κ2) is 6.38. The number of nitrogen functional groups attached to an aromatic ring is 1. The highest BCUT2D eigenvalue weighted by Gasteiger charge is 2.23. The van der Waals surface area contributed by atoms with Crippen LogP contribution in [0.4, 0.5) is 5.82 Å². The fourth-order valence-corrected chi connectivity index (χ4v) is 3.84. The zero-order valence-corrected chi connectivity index (χ0v) is 16.4. The van der Waals surface area contributed by atoms with Crippen molar-refractivity contribution in [3.05, 3.63) is 36.2 Å². The summed E-state index contributed by atoms with van der Waals surface area (Å²) in [6, 6.07) is 6.66. The van der Waals surface area contributed by atoms with Crippen LogP contribution in [0.3, 0.4) is 0 Å². The minimum atomic E-state index is -3.62. The van der Waals surface area contributed by atoms with Gasteiger partial charge in [-0.2, -0.15) is 0 Å². The molecule has 0 aliphatic carbocycles. The number of sulfonamides is 1. The fraction of sp³-hybridized carbons (Fsp3) is 0.444. The average molecular weight is 362 g/mol. The molecular formula is C18H26N4O2S. The molecule has 0 fully saturated rings. The summed E-state index contributed by atoms with van der Waals surface area (Å²) < 4.78 is 27.7. The summed E-state index contributed by atoms with van der Waals surface area (Å²) in [5, 5.41) is 0. The molecule has 0 spiro atoms. The van der Waals surface area contributed by atoms with E-state index in [2.05, 4.69) is 14.7 Å². The van der Waals surface area contributed by atoms with Crippen molar-refractivity contribution in [2.45, 2.75) is 57.4 Å². The number of nitrogens with zero attached hydrogens (tertiary/aromatic N) is 2. The van der Waals surface area contributed by atoms with E-state index in [1.165, 1.54) is 0 Å². The maximum Gasteiger partial charge on any atom is 0.241 e. The third kappa shape index (κ3) is 4.76. The molecule has 0 aliphatic heterocycles. The van der Waals surface area contributed by atoms with E-state index in [1.54, 1.807) is 45.2 Å². The topological polar surface area (TPSA) is 98.0 Å². The highest BCUT2D eigenvalue weighted by atomic mass is 32.2. The van der Waals surface area contributed by atoms with Crippen molar-refractivity contribution in [1.82, 2.24) is 14.7 Å². The van der Waals surface area contributed by atoms with Gasteiger partial charge in [0.2, 0.25) is 10.0 Å². The Labute approximate surface area is 149 Å². The molecule has 6 nitrogen and oxygen atoms in total. The molecule has 7 heteroatoms. The van der Waals surface area contributed by atoms with Crippen LogP contribution >= 0.6 is 0 Å². The number of hydrogen-bond acceptors (Lipinski definition) is 5. The maximum atomic E-state index is 12.5. The SMILES string of the molecule is CC(C)(C)NS(=O)(=O)c1cccc(-c2cnc(N)c(C(C)(C)C)n2)c1. The van der Waals surface area contributed by atoms with Crippen molar-refractivity contribution < 1.29 is 8.42 Å². The largest absolute Gasteiger partial charge is 0.382 e. The number of nitrogens with two attached hydrogens (primary N) is 1. The van der Waals surface area contributed by atoms with Gasteiger partial charge in [0.15, 0.2) is 0 Å². The Bertz CT molecular complexity index is 879. The Balaban J connectivity index is 2.50. The monoisotopic (exact) mass is 362 g/mol. The molecule has 0 saturated carbocycles. The van der Waals surface area contributed by atoms with Gasteiger partial charge in [-0.3, -0.25) is 0 Å². The van der Waals surface area contributed by atoms with Gasteiger partial charge in [-0.1, -0.05) is 32.9 Å². The van der Waals surface area contributed by atoms with Gasteiger partial charge in [-0.25, -0.2) is 23.1 Å². The van der Waals surface area contributed by atoms with Gasteiger partial charge >= 0.3 is 0 Å². The first-order chi connectivity index (χ1) is 11.3. The molecule has 0 aliphatic rings. The molecule has 136 valence electrons. The van der Waals surface area contributed by atoms with Crippen molar-refractivity contribution in [1.29, 1.82) is 0 Å². The van der Waals surface area contributed by atoms with Gasteiger partial charge in [0, 0.05) is 16.5 Å². The van der Waals surface area contributed by atoms with Crippen molar-refractivity contribution in [3.8, 4) is 11.3 Å². The zero-order valence-electron chi connectivity index (χ0n) is 15.6. The molecule has 0 saturated heterocycles. The standard InChI is InChI=1S/C18H26N4O2S/c1-17(2,3)15-16(19)20-11-14(21-15)12-8-7-9-13(10-12)25(23,24)22-18(4,5)6/h7-11,22H,1-6H3,(H2,19,20). The van der Waals surface area contributed by atoms with E-state index >= 15 is 0 Å². The fourth-order valence-electron chi connectivity index (χ4n) is 2.37. The number of nitrogens with one attached hydrogen (secondary N) is 1. The Hall–Kier alpha value is -1.99. The summed E-state index contributed by atoms with van der Waals surface area (Å²) in [6.45, 7) is 11.4. The van der Waals surface area contributed by atoms with Crippen LogP contribution in [0.2, 0.25) is 0 Å². The van der Waals surface area contributed by atoms with E-state index in [-0.39, 0.29) is 10.3 Å². The molecular weight excluding hydrogens is 336 g/mol. The summed E-state index contributed by atoms with van der Waals surface area (Å²) >= 11 is 0.